The molecule has 4 heteroatoms. The highest BCUT2D eigenvalue weighted by Crippen LogP contribution is 1.71. The van der Waals surface area contributed by atoms with Crippen LogP contribution in [0.25, 0.3) is 0 Å². The fraction of sp³-hybridized carbons (Fsp3) is 0.857. The molecule has 0 atom stereocenters. The first-order valence-corrected chi connectivity index (χ1v) is 3.74. The van der Waals surface area contributed by atoms with E-state index in [0.29, 0.717) is 0 Å². The highest BCUT2D eigenvalue weighted by atomic mass is 16.5. The lowest BCUT2D eigenvalue weighted by Gasteiger charge is -2.18. The standard InChI is InChI=1S/C5H11NO.C2H5NO/c1-6-2-4-7-5-3-6;1-2(3)4/h2-5H2,1H3;1H3,(H2,3,4). The van der Waals surface area contributed by atoms with Crippen LogP contribution in [-0.4, -0.2) is 39.2 Å². The lowest BCUT2D eigenvalue weighted by atomic mass is 10.5. The molecule has 0 spiro atoms. The Labute approximate surface area is 67.3 Å². The molecule has 0 unspecified atom stereocenters. The summed E-state index contributed by atoms with van der Waals surface area (Å²) in [5.74, 6) is -0.583. The predicted octanol–water partition coefficient (Wildman–Crippen LogP) is -2.12. The molecule has 66 valence electrons. The van der Waals surface area contributed by atoms with Crippen molar-refractivity contribution in [2.75, 3.05) is 33.4 Å². The van der Waals surface area contributed by atoms with Gasteiger partial charge in [0.05, 0.1) is 20.3 Å². The zero-order valence-electron chi connectivity index (χ0n) is 7.14. The Hall–Kier alpha value is -0.610. The first kappa shape index (κ1) is 10.4. The molecule has 11 heavy (non-hydrogen) atoms. The fourth-order valence-electron chi connectivity index (χ4n) is 0.720. The molecule has 1 aliphatic rings. The molecule has 1 saturated heterocycles. The van der Waals surface area contributed by atoms with Crippen LogP contribution >= 0.6 is 0 Å². The zero-order valence-corrected chi connectivity index (χ0v) is 7.14. The number of morpholine rings is 1. The molecule has 0 bridgehead atoms. The number of rotatable bonds is 0. The maximum Gasteiger partial charge on any atom is 0.101 e. The van der Waals surface area contributed by atoms with Crippen molar-refractivity contribution < 1.29 is 14.7 Å². The minimum absolute atomic E-state index is 0.583. The Morgan fingerprint density at radius 1 is 1.45 bits per heavy atom. The Bertz CT molecular complexity index is 107. The van der Waals surface area contributed by atoms with E-state index in [9.17, 15) is 0 Å². The second-order valence-electron chi connectivity index (χ2n) is 2.63. The summed E-state index contributed by atoms with van der Waals surface area (Å²) in [4.78, 5) is 1.59. The van der Waals surface area contributed by atoms with Gasteiger partial charge in [0.2, 0.25) is 0 Å². The molecule has 0 aliphatic carbocycles. The van der Waals surface area contributed by atoms with Crippen molar-refractivity contribution in [3.05, 3.63) is 0 Å². The van der Waals surface area contributed by atoms with Gasteiger partial charge >= 0.3 is 0 Å². The number of hydrogen-bond donors (Lipinski definition) is 2. The molecule has 1 aliphatic heterocycles. The molecule has 0 radical (unpaired) electrons. The van der Waals surface area contributed by atoms with Crippen LogP contribution in [0.2, 0.25) is 0 Å². The molecule has 0 aromatic rings. The minimum Gasteiger partial charge on any atom is -0.862 e. The lowest BCUT2D eigenvalue weighted by Crippen LogP contribution is -3.11. The van der Waals surface area contributed by atoms with Gasteiger partial charge in [-0.3, -0.25) is 0 Å². The van der Waals surface area contributed by atoms with E-state index in [1.807, 2.05) is 0 Å². The third-order valence-corrected chi connectivity index (χ3v) is 1.35. The Morgan fingerprint density at radius 3 is 2.00 bits per heavy atom. The normalized spacial score (nSPS) is 18.4. The number of likely N-dealkylation sites (N-methyl/N-ethyl adjacent to an activating group) is 1. The molecular weight excluding hydrogens is 144 g/mol. The van der Waals surface area contributed by atoms with E-state index in [2.05, 4.69) is 7.05 Å². The van der Waals surface area contributed by atoms with Crippen molar-refractivity contribution in [1.29, 1.82) is 5.41 Å². The van der Waals surface area contributed by atoms with E-state index >= 15 is 0 Å². The van der Waals surface area contributed by atoms with Crippen LogP contribution in [0, 0.1) is 5.41 Å². The van der Waals surface area contributed by atoms with Crippen LogP contribution in [-0.2, 0) is 4.74 Å². The number of quaternary nitrogens is 1. The SMILES string of the molecule is CC(=N)[O-].C[NH+]1CCOCC1. The van der Waals surface area contributed by atoms with E-state index in [1.54, 1.807) is 4.90 Å². The molecule has 0 aromatic carbocycles. The van der Waals surface area contributed by atoms with E-state index in [4.69, 9.17) is 15.3 Å². The van der Waals surface area contributed by atoms with E-state index in [-0.39, 0.29) is 0 Å². The molecule has 0 amide bonds. The van der Waals surface area contributed by atoms with Gasteiger partial charge in [0.25, 0.3) is 0 Å². The van der Waals surface area contributed by atoms with E-state index < -0.39 is 5.90 Å². The third kappa shape index (κ3) is 9.39. The topological polar surface area (TPSA) is 60.6 Å². The number of ether oxygens (including phenoxy) is 1. The quantitative estimate of drug-likeness (QED) is 0.314. The van der Waals surface area contributed by atoms with Gasteiger partial charge in [0, 0.05) is 0 Å². The molecule has 0 saturated carbocycles. The highest BCUT2D eigenvalue weighted by molar-refractivity contribution is 5.63. The van der Waals surface area contributed by atoms with E-state index in [0.717, 1.165) is 13.2 Å². The van der Waals surface area contributed by atoms with Crippen LogP contribution in [0.4, 0.5) is 0 Å². The molecule has 0 aromatic heterocycles. The van der Waals surface area contributed by atoms with Crippen LogP contribution < -0.4 is 10.0 Å². The maximum atomic E-state index is 9.11. The van der Waals surface area contributed by atoms with Gasteiger partial charge in [-0.25, -0.2) is 0 Å². The maximum absolute atomic E-state index is 9.11. The summed E-state index contributed by atoms with van der Waals surface area (Å²) in [6.07, 6.45) is 0. The van der Waals surface area contributed by atoms with Crippen LogP contribution in [0.5, 0.6) is 0 Å². The van der Waals surface area contributed by atoms with Gasteiger partial charge < -0.3 is 20.2 Å². The molecule has 1 heterocycles. The van der Waals surface area contributed by atoms with E-state index in [1.165, 1.54) is 20.0 Å². The average Bonchev–Trinajstić information content (AvgIpc) is 1.87. The Balaban J connectivity index is 0.000000218. The molecule has 1 fully saturated rings. The summed E-state index contributed by atoms with van der Waals surface area (Å²) in [6, 6.07) is 0. The van der Waals surface area contributed by atoms with Gasteiger partial charge in [-0.15, -0.1) is 0 Å². The van der Waals surface area contributed by atoms with Crippen LogP contribution in [0.1, 0.15) is 6.92 Å². The smallest absolute Gasteiger partial charge is 0.101 e. The third-order valence-electron chi connectivity index (χ3n) is 1.35. The van der Waals surface area contributed by atoms with Crippen LogP contribution in [0.3, 0.4) is 0 Å². The second-order valence-corrected chi connectivity index (χ2v) is 2.63. The molecule has 4 nitrogen and oxygen atoms in total. The lowest BCUT2D eigenvalue weighted by molar-refractivity contribution is -0.888. The summed E-state index contributed by atoms with van der Waals surface area (Å²) in [5.41, 5.74) is 0. The fourth-order valence-corrected chi connectivity index (χ4v) is 0.720. The molecule has 1 rings (SSSR count). The monoisotopic (exact) mass is 160 g/mol. The van der Waals surface area contributed by atoms with Crippen molar-refractivity contribution in [1.82, 2.24) is 0 Å². The first-order chi connectivity index (χ1) is 5.13. The number of hydrogen-bond acceptors (Lipinski definition) is 3. The molecular formula is C7H16N2O2. The largest absolute Gasteiger partial charge is 0.862 e. The summed E-state index contributed by atoms with van der Waals surface area (Å²) in [5, 5.41) is 15.1. The van der Waals surface area contributed by atoms with Gasteiger partial charge in [0.15, 0.2) is 0 Å². The Morgan fingerprint density at radius 2 is 1.82 bits per heavy atom. The van der Waals surface area contributed by atoms with Crippen molar-refractivity contribution in [3.8, 4) is 0 Å². The van der Waals surface area contributed by atoms with Crippen molar-refractivity contribution in [3.63, 3.8) is 0 Å². The summed E-state index contributed by atoms with van der Waals surface area (Å²) in [7, 11) is 2.20. The van der Waals surface area contributed by atoms with Crippen LogP contribution in [0.15, 0.2) is 0 Å². The van der Waals surface area contributed by atoms with Gasteiger partial charge in [-0.1, -0.05) is 0 Å². The first-order valence-electron chi connectivity index (χ1n) is 3.74. The van der Waals surface area contributed by atoms with Gasteiger partial charge in [-0.05, 0) is 12.8 Å². The van der Waals surface area contributed by atoms with Crippen molar-refractivity contribution in [2.24, 2.45) is 0 Å². The average molecular weight is 160 g/mol. The van der Waals surface area contributed by atoms with Crippen molar-refractivity contribution >= 4 is 5.90 Å². The number of nitrogens with one attached hydrogen (secondary N) is 2. The second kappa shape index (κ2) is 6.12. The van der Waals surface area contributed by atoms with Gasteiger partial charge in [0.1, 0.15) is 13.1 Å². The van der Waals surface area contributed by atoms with Gasteiger partial charge in [-0.2, -0.15) is 0 Å². The summed E-state index contributed by atoms with van der Waals surface area (Å²) < 4.78 is 5.12. The Kier molecular flexibility index (Phi) is 5.78. The summed E-state index contributed by atoms with van der Waals surface area (Å²) in [6.45, 7) is 5.46. The van der Waals surface area contributed by atoms with Crippen molar-refractivity contribution in [2.45, 2.75) is 6.92 Å². The zero-order chi connectivity index (χ0) is 8.69. The summed E-state index contributed by atoms with van der Waals surface area (Å²) >= 11 is 0. The predicted molar refractivity (Wildman–Crippen MR) is 40.8 cm³/mol. The highest BCUT2D eigenvalue weighted by Gasteiger charge is 2.05. The minimum atomic E-state index is -0.583. The molecule has 2 N–H and O–H groups in total.